The molecule has 0 saturated carbocycles. The van der Waals surface area contributed by atoms with Gasteiger partial charge in [-0.05, 0) is 29.7 Å². The average Bonchev–Trinajstić information content (AvgIpc) is 2.98. The molecule has 3 nitrogen and oxygen atoms in total. The summed E-state index contributed by atoms with van der Waals surface area (Å²) in [5.41, 5.74) is 3.32. The Labute approximate surface area is 155 Å². The van der Waals surface area contributed by atoms with Crippen molar-refractivity contribution in [2.45, 2.75) is 44.4 Å². The Morgan fingerprint density at radius 3 is 2.15 bits per heavy atom. The quantitative estimate of drug-likeness (QED) is 0.878. The van der Waals surface area contributed by atoms with Crippen molar-refractivity contribution in [2.24, 2.45) is 0 Å². The number of benzene rings is 2. The molecule has 2 aromatic rings. The van der Waals surface area contributed by atoms with Gasteiger partial charge < -0.3 is 5.32 Å². The molecule has 26 heavy (non-hydrogen) atoms. The van der Waals surface area contributed by atoms with E-state index in [-0.39, 0.29) is 18.4 Å². The third-order valence-corrected chi connectivity index (χ3v) is 5.16. The number of likely N-dealkylation sites (N-methyl/N-ethyl adjacent to an activating group) is 1. The smallest absolute Gasteiger partial charge is 0.238 e. The first-order valence-electron chi connectivity index (χ1n) is 9.25. The van der Waals surface area contributed by atoms with E-state index in [4.69, 9.17) is 0 Å². The van der Waals surface area contributed by atoms with Gasteiger partial charge in [-0.3, -0.25) is 9.69 Å². The number of hydrogen-bond acceptors (Lipinski definition) is 2. The number of halogens is 1. The number of amides is 1. The molecule has 3 rings (SSSR count). The summed E-state index contributed by atoms with van der Waals surface area (Å²) in [4.78, 5) is 14.6. The van der Waals surface area contributed by atoms with Crippen LogP contribution in [0, 0.1) is 0 Å². The van der Waals surface area contributed by atoms with E-state index in [1.165, 1.54) is 5.56 Å². The molecule has 138 valence electrons. The molecule has 1 amide bonds. The lowest BCUT2D eigenvalue weighted by molar-refractivity contribution is -0.125. The Kier molecular flexibility index (Phi) is 5.72. The fourth-order valence-corrected chi connectivity index (χ4v) is 3.56. The average molecular weight is 354 g/mol. The zero-order valence-electron chi connectivity index (χ0n) is 15.7. The summed E-state index contributed by atoms with van der Waals surface area (Å²) in [6.45, 7) is 4.64. The maximum atomic E-state index is 13.7. The van der Waals surface area contributed by atoms with Gasteiger partial charge in [0.05, 0.1) is 12.1 Å². The fourth-order valence-electron chi connectivity index (χ4n) is 3.56. The van der Waals surface area contributed by atoms with Crippen LogP contribution in [0.3, 0.4) is 0 Å². The van der Waals surface area contributed by atoms with Crippen molar-refractivity contribution >= 4 is 5.91 Å². The van der Waals surface area contributed by atoms with E-state index < -0.39 is 12.2 Å². The minimum Gasteiger partial charge on any atom is -0.344 e. The van der Waals surface area contributed by atoms with E-state index in [1.807, 2.05) is 30.3 Å². The van der Waals surface area contributed by atoms with Crippen LogP contribution in [0.25, 0.3) is 0 Å². The van der Waals surface area contributed by atoms with Crippen molar-refractivity contribution in [1.82, 2.24) is 10.2 Å². The zero-order valence-corrected chi connectivity index (χ0v) is 15.7. The third-order valence-electron chi connectivity index (χ3n) is 5.16. The van der Waals surface area contributed by atoms with Crippen molar-refractivity contribution in [1.29, 1.82) is 0 Å². The van der Waals surface area contributed by atoms with Crippen LogP contribution in [0.4, 0.5) is 4.39 Å². The summed E-state index contributed by atoms with van der Waals surface area (Å²) in [6.07, 6.45) is -0.674. The van der Waals surface area contributed by atoms with Crippen molar-refractivity contribution in [3.8, 4) is 0 Å². The van der Waals surface area contributed by atoms with Gasteiger partial charge in [0, 0.05) is 13.0 Å². The first-order valence-corrected chi connectivity index (χ1v) is 9.25. The Balaban J connectivity index is 1.86. The monoisotopic (exact) mass is 354 g/mol. The fraction of sp³-hybridized carbons (Fsp3) is 0.409. The Morgan fingerprint density at radius 1 is 1.04 bits per heavy atom. The molecule has 1 aliphatic rings. The molecule has 1 heterocycles. The van der Waals surface area contributed by atoms with Crippen molar-refractivity contribution in [3.63, 3.8) is 0 Å². The normalized spacial score (nSPS) is 21.7. The van der Waals surface area contributed by atoms with Crippen LogP contribution in [0.2, 0.25) is 0 Å². The summed E-state index contributed by atoms with van der Waals surface area (Å²) in [5, 5.41) is 3.14. The van der Waals surface area contributed by atoms with Gasteiger partial charge >= 0.3 is 0 Å². The van der Waals surface area contributed by atoms with Crippen LogP contribution >= 0.6 is 0 Å². The molecule has 3 atom stereocenters. The molecule has 0 aliphatic carbocycles. The Bertz CT molecular complexity index is 730. The second-order valence-electron chi connectivity index (χ2n) is 7.46. The molecule has 1 fully saturated rings. The first-order chi connectivity index (χ1) is 12.5. The van der Waals surface area contributed by atoms with E-state index >= 15 is 0 Å². The molecule has 0 spiro atoms. The molecular weight excluding hydrogens is 327 g/mol. The van der Waals surface area contributed by atoms with Crippen LogP contribution < -0.4 is 5.32 Å². The van der Waals surface area contributed by atoms with Gasteiger partial charge in [-0.2, -0.15) is 0 Å². The third kappa shape index (κ3) is 4.13. The maximum Gasteiger partial charge on any atom is 0.238 e. The first kappa shape index (κ1) is 18.6. The van der Waals surface area contributed by atoms with Crippen LogP contribution in [0.5, 0.6) is 0 Å². The number of nitrogens with zero attached hydrogens (tertiary/aromatic N) is 1. The van der Waals surface area contributed by atoms with E-state index in [2.05, 4.69) is 43.4 Å². The summed E-state index contributed by atoms with van der Waals surface area (Å²) in [7, 11) is 1.80. The lowest BCUT2D eigenvalue weighted by Gasteiger charge is -2.25. The molecule has 1 unspecified atom stereocenters. The van der Waals surface area contributed by atoms with Crippen molar-refractivity contribution in [2.75, 3.05) is 13.6 Å². The van der Waals surface area contributed by atoms with Gasteiger partial charge in [0.15, 0.2) is 0 Å². The zero-order chi connectivity index (χ0) is 18.7. The number of nitrogens with one attached hydrogen (secondary N) is 1. The minimum absolute atomic E-state index is 0.116. The summed E-state index contributed by atoms with van der Waals surface area (Å²) < 4.78 is 13.7. The highest BCUT2D eigenvalue weighted by molar-refractivity contribution is 5.83. The number of carbonyl (C=O) groups excluding carboxylic acids is 1. The SMILES string of the molecule is CC(C)c1ccc([C@@H](NC(=O)C2C[C@@H](F)CN2C)c2ccccc2)cc1. The number of alkyl halides is 1. The molecule has 0 radical (unpaired) electrons. The van der Waals surface area contributed by atoms with Crippen molar-refractivity contribution < 1.29 is 9.18 Å². The van der Waals surface area contributed by atoms with E-state index in [1.54, 1.807) is 11.9 Å². The van der Waals surface area contributed by atoms with E-state index in [0.717, 1.165) is 11.1 Å². The van der Waals surface area contributed by atoms with Gasteiger partial charge in [-0.15, -0.1) is 0 Å². The molecular formula is C22H27FN2O. The second-order valence-corrected chi connectivity index (χ2v) is 7.46. The molecule has 0 aromatic heterocycles. The summed E-state index contributed by atoms with van der Waals surface area (Å²) in [6, 6.07) is 17.6. The summed E-state index contributed by atoms with van der Waals surface area (Å²) >= 11 is 0. The van der Waals surface area contributed by atoms with Crippen LogP contribution in [0.1, 0.15) is 48.9 Å². The minimum atomic E-state index is -0.934. The predicted molar refractivity (Wildman–Crippen MR) is 103 cm³/mol. The second kappa shape index (κ2) is 8.00. The Hall–Kier alpha value is -2.20. The van der Waals surface area contributed by atoms with Crippen LogP contribution in [-0.4, -0.2) is 36.6 Å². The van der Waals surface area contributed by atoms with E-state index in [0.29, 0.717) is 12.5 Å². The highest BCUT2D eigenvalue weighted by atomic mass is 19.1. The molecule has 1 saturated heterocycles. The van der Waals surface area contributed by atoms with Crippen LogP contribution in [0.15, 0.2) is 54.6 Å². The molecule has 1 N–H and O–H groups in total. The molecule has 1 aliphatic heterocycles. The van der Waals surface area contributed by atoms with Crippen LogP contribution in [-0.2, 0) is 4.79 Å². The number of rotatable bonds is 5. The number of carbonyl (C=O) groups is 1. The lowest BCUT2D eigenvalue weighted by atomic mass is 9.95. The predicted octanol–water partition coefficient (Wildman–Crippen LogP) is 4.06. The molecule has 2 aromatic carbocycles. The topological polar surface area (TPSA) is 32.3 Å². The highest BCUT2D eigenvalue weighted by Gasteiger charge is 2.35. The highest BCUT2D eigenvalue weighted by Crippen LogP contribution is 2.26. The molecule has 4 heteroatoms. The molecule has 0 bridgehead atoms. The lowest BCUT2D eigenvalue weighted by Crippen LogP contribution is -2.43. The maximum absolute atomic E-state index is 13.7. The van der Waals surface area contributed by atoms with E-state index in [9.17, 15) is 9.18 Å². The van der Waals surface area contributed by atoms with Gasteiger partial charge in [-0.25, -0.2) is 4.39 Å². The van der Waals surface area contributed by atoms with Gasteiger partial charge in [0.2, 0.25) is 5.91 Å². The van der Waals surface area contributed by atoms with Crippen molar-refractivity contribution in [3.05, 3.63) is 71.3 Å². The van der Waals surface area contributed by atoms with Gasteiger partial charge in [0.25, 0.3) is 0 Å². The Morgan fingerprint density at radius 2 is 1.62 bits per heavy atom. The standard InChI is InChI=1S/C22H27FN2O/c1-15(2)16-9-11-18(12-10-16)21(17-7-5-4-6-8-17)24-22(26)20-13-19(23)14-25(20)3/h4-12,15,19-21H,13-14H2,1-3H3,(H,24,26)/t19-,20?,21+/m1/s1. The number of likely N-dealkylation sites (tertiary alicyclic amines) is 1. The van der Waals surface area contributed by atoms with Gasteiger partial charge in [-0.1, -0.05) is 68.4 Å². The number of hydrogen-bond donors (Lipinski definition) is 1. The largest absolute Gasteiger partial charge is 0.344 e. The van der Waals surface area contributed by atoms with Gasteiger partial charge in [0.1, 0.15) is 6.17 Å². The summed E-state index contributed by atoms with van der Waals surface area (Å²) in [5.74, 6) is 0.344.